The number of nitriles is 1. The number of ether oxygens (including phenoxy) is 1. The van der Waals surface area contributed by atoms with Crippen molar-refractivity contribution in [2.24, 2.45) is 0 Å². The maximum absolute atomic E-state index is 13.2. The standard InChI is InChI=1S/C25H17ClN4O3/c26-19-9-11-20(12-10-19)33-24-21(25(32)30-13-5-4-8-22(30)29-24)14-18(15-27)23(31)28-16-17-6-2-1-3-7-17/h1-14H,16H2,(H,28,31)/b18-14+. The molecule has 0 fully saturated rings. The van der Waals surface area contributed by atoms with Crippen LogP contribution in [0.4, 0.5) is 0 Å². The van der Waals surface area contributed by atoms with Crippen LogP contribution in [-0.4, -0.2) is 15.3 Å². The quantitative estimate of drug-likeness (QED) is 0.343. The van der Waals surface area contributed by atoms with Gasteiger partial charge < -0.3 is 10.1 Å². The lowest BCUT2D eigenvalue weighted by molar-refractivity contribution is -0.117. The Balaban J connectivity index is 1.73. The van der Waals surface area contributed by atoms with Crippen molar-refractivity contribution in [2.45, 2.75) is 6.54 Å². The second-order valence-corrected chi connectivity index (χ2v) is 7.40. The van der Waals surface area contributed by atoms with Crippen LogP contribution in [0.3, 0.4) is 0 Å². The Morgan fingerprint density at radius 2 is 1.82 bits per heavy atom. The van der Waals surface area contributed by atoms with Gasteiger partial charge >= 0.3 is 0 Å². The third-order valence-corrected chi connectivity index (χ3v) is 4.96. The van der Waals surface area contributed by atoms with E-state index in [1.165, 1.54) is 10.5 Å². The Morgan fingerprint density at radius 1 is 1.09 bits per heavy atom. The molecule has 0 radical (unpaired) electrons. The number of amides is 1. The minimum absolute atomic E-state index is 0.0277. The molecule has 7 nitrogen and oxygen atoms in total. The van der Waals surface area contributed by atoms with Crippen molar-refractivity contribution in [1.82, 2.24) is 14.7 Å². The molecular formula is C25H17ClN4O3. The molecule has 162 valence electrons. The minimum Gasteiger partial charge on any atom is -0.438 e. The lowest BCUT2D eigenvalue weighted by Crippen LogP contribution is -2.25. The maximum atomic E-state index is 13.2. The molecule has 33 heavy (non-hydrogen) atoms. The number of carbonyl (C=O) groups excluding carboxylic acids is 1. The summed E-state index contributed by atoms with van der Waals surface area (Å²) in [5, 5.41) is 12.8. The predicted molar refractivity (Wildman–Crippen MR) is 125 cm³/mol. The van der Waals surface area contributed by atoms with Gasteiger partial charge in [0.25, 0.3) is 11.5 Å². The normalized spacial score (nSPS) is 11.1. The molecule has 0 aliphatic rings. The number of carbonyl (C=O) groups is 1. The lowest BCUT2D eigenvalue weighted by Gasteiger charge is -2.10. The van der Waals surface area contributed by atoms with Crippen LogP contribution in [-0.2, 0) is 11.3 Å². The van der Waals surface area contributed by atoms with E-state index in [2.05, 4.69) is 10.3 Å². The molecule has 1 amide bonds. The fourth-order valence-electron chi connectivity index (χ4n) is 3.06. The fourth-order valence-corrected chi connectivity index (χ4v) is 3.19. The van der Waals surface area contributed by atoms with Gasteiger partial charge in [0.15, 0.2) is 0 Å². The molecule has 0 spiro atoms. The van der Waals surface area contributed by atoms with Gasteiger partial charge in [-0.15, -0.1) is 0 Å². The SMILES string of the molecule is N#C/C(=C\c1c(Oc2ccc(Cl)cc2)nc2ccccn2c1=O)C(=O)NCc1ccccc1. The summed E-state index contributed by atoms with van der Waals surface area (Å²) in [6.45, 7) is 0.238. The number of rotatable bonds is 6. The Morgan fingerprint density at radius 3 is 2.55 bits per heavy atom. The highest BCUT2D eigenvalue weighted by atomic mass is 35.5. The van der Waals surface area contributed by atoms with E-state index in [0.29, 0.717) is 16.4 Å². The van der Waals surface area contributed by atoms with E-state index in [4.69, 9.17) is 16.3 Å². The van der Waals surface area contributed by atoms with E-state index in [1.807, 2.05) is 36.4 Å². The molecule has 0 bridgehead atoms. The number of nitrogens with one attached hydrogen (secondary N) is 1. The Hall–Kier alpha value is -4.41. The molecule has 0 unspecified atom stereocenters. The average Bonchev–Trinajstić information content (AvgIpc) is 2.84. The summed E-state index contributed by atoms with van der Waals surface area (Å²) >= 11 is 5.93. The third-order valence-electron chi connectivity index (χ3n) is 4.71. The first-order valence-electron chi connectivity index (χ1n) is 9.94. The van der Waals surface area contributed by atoms with Crippen molar-refractivity contribution in [2.75, 3.05) is 0 Å². The van der Waals surface area contributed by atoms with Gasteiger partial charge in [-0.2, -0.15) is 10.2 Å². The van der Waals surface area contributed by atoms with Crippen molar-refractivity contribution in [3.8, 4) is 17.7 Å². The number of pyridine rings is 1. The van der Waals surface area contributed by atoms with Crippen molar-refractivity contribution in [3.63, 3.8) is 0 Å². The third kappa shape index (κ3) is 5.09. The Labute approximate surface area is 194 Å². The molecule has 4 aromatic rings. The number of hydrogen-bond acceptors (Lipinski definition) is 5. The van der Waals surface area contributed by atoms with Gasteiger partial charge in [-0.25, -0.2) is 0 Å². The van der Waals surface area contributed by atoms with E-state index >= 15 is 0 Å². The largest absolute Gasteiger partial charge is 0.438 e. The van der Waals surface area contributed by atoms with Gasteiger partial charge in [-0.05, 0) is 48.0 Å². The zero-order chi connectivity index (χ0) is 23.2. The zero-order valence-electron chi connectivity index (χ0n) is 17.2. The molecule has 0 aliphatic carbocycles. The summed E-state index contributed by atoms with van der Waals surface area (Å²) in [4.78, 5) is 30.2. The summed E-state index contributed by atoms with van der Waals surface area (Å²) in [6.07, 6.45) is 2.75. The van der Waals surface area contributed by atoms with Crippen LogP contribution >= 0.6 is 11.6 Å². The van der Waals surface area contributed by atoms with Gasteiger partial charge in [0, 0.05) is 17.8 Å². The van der Waals surface area contributed by atoms with E-state index < -0.39 is 11.5 Å². The molecule has 0 atom stereocenters. The zero-order valence-corrected chi connectivity index (χ0v) is 18.0. The number of fused-ring (bicyclic) bond motifs is 1. The molecule has 2 aromatic carbocycles. The smallest absolute Gasteiger partial charge is 0.269 e. The number of hydrogen-bond donors (Lipinski definition) is 1. The molecular weight excluding hydrogens is 440 g/mol. The second-order valence-electron chi connectivity index (χ2n) is 6.96. The van der Waals surface area contributed by atoms with Crippen molar-refractivity contribution in [1.29, 1.82) is 5.26 Å². The second kappa shape index (κ2) is 9.81. The topological polar surface area (TPSA) is 96.5 Å². The molecule has 0 saturated carbocycles. The molecule has 0 saturated heterocycles. The van der Waals surface area contributed by atoms with E-state index in [1.54, 1.807) is 48.7 Å². The van der Waals surface area contributed by atoms with E-state index in [9.17, 15) is 14.9 Å². The van der Waals surface area contributed by atoms with Crippen molar-refractivity contribution in [3.05, 3.63) is 111 Å². The summed E-state index contributed by atoms with van der Waals surface area (Å²) in [5.74, 6) is -0.248. The highest BCUT2D eigenvalue weighted by molar-refractivity contribution is 6.30. The van der Waals surface area contributed by atoms with E-state index in [0.717, 1.165) is 5.56 Å². The molecule has 0 aliphatic heterocycles. The van der Waals surface area contributed by atoms with Gasteiger partial charge in [0.1, 0.15) is 28.6 Å². The molecule has 1 N–H and O–H groups in total. The Bertz CT molecular complexity index is 1440. The number of benzene rings is 2. The molecule has 4 rings (SSSR count). The van der Waals surface area contributed by atoms with Gasteiger partial charge in [-0.3, -0.25) is 14.0 Å². The van der Waals surface area contributed by atoms with Gasteiger partial charge in [0.2, 0.25) is 5.88 Å². The summed E-state index contributed by atoms with van der Waals surface area (Å²) in [5.41, 5.74) is 0.480. The van der Waals surface area contributed by atoms with Gasteiger partial charge in [-0.1, -0.05) is 48.0 Å². The highest BCUT2D eigenvalue weighted by Gasteiger charge is 2.17. The monoisotopic (exact) mass is 456 g/mol. The number of aromatic nitrogens is 2. The summed E-state index contributed by atoms with van der Waals surface area (Å²) < 4.78 is 7.16. The van der Waals surface area contributed by atoms with Crippen LogP contribution in [0.25, 0.3) is 11.7 Å². The van der Waals surface area contributed by atoms with Crippen molar-refractivity contribution < 1.29 is 9.53 Å². The van der Waals surface area contributed by atoms with Gasteiger partial charge in [0.05, 0.1) is 0 Å². The summed E-state index contributed by atoms with van der Waals surface area (Å²) in [6, 6.07) is 22.7. The van der Waals surface area contributed by atoms with E-state index in [-0.39, 0.29) is 23.6 Å². The highest BCUT2D eigenvalue weighted by Crippen LogP contribution is 2.25. The number of nitrogens with zero attached hydrogens (tertiary/aromatic N) is 3. The molecule has 8 heteroatoms. The first-order valence-corrected chi connectivity index (χ1v) is 10.3. The van der Waals surface area contributed by atoms with Crippen LogP contribution < -0.4 is 15.6 Å². The van der Waals surface area contributed by atoms with Crippen LogP contribution in [0, 0.1) is 11.3 Å². The lowest BCUT2D eigenvalue weighted by atomic mass is 10.1. The first kappa shape index (κ1) is 21.8. The maximum Gasteiger partial charge on any atom is 0.269 e. The van der Waals surface area contributed by atoms with Crippen molar-refractivity contribution >= 4 is 29.2 Å². The number of halogens is 1. The van der Waals surface area contributed by atoms with Crippen LogP contribution in [0.5, 0.6) is 11.6 Å². The van der Waals surface area contributed by atoms with Crippen LogP contribution in [0.2, 0.25) is 5.02 Å². The van der Waals surface area contributed by atoms with Crippen LogP contribution in [0.1, 0.15) is 11.1 Å². The molecule has 2 aromatic heterocycles. The fraction of sp³-hybridized carbons (Fsp3) is 0.0400. The van der Waals surface area contributed by atoms with Crippen LogP contribution in [0.15, 0.2) is 89.4 Å². The Kier molecular flexibility index (Phi) is 6.48. The minimum atomic E-state index is -0.614. The average molecular weight is 457 g/mol. The summed E-state index contributed by atoms with van der Waals surface area (Å²) in [7, 11) is 0. The molecule has 2 heterocycles. The predicted octanol–water partition coefficient (Wildman–Crippen LogP) is 4.36. The first-order chi connectivity index (χ1) is 16.0.